The molecule has 154 valence electrons. The summed E-state index contributed by atoms with van der Waals surface area (Å²) in [5, 5.41) is 0. The van der Waals surface area contributed by atoms with Crippen LogP contribution in [0.1, 0.15) is 41.9 Å². The minimum Gasteiger partial charge on any atom is -0.459 e. The molecule has 0 aliphatic carbocycles. The van der Waals surface area contributed by atoms with Crippen LogP contribution in [0.4, 0.5) is 5.95 Å². The lowest BCUT2D eigenvalue weighted by atomic mass is 9.75. The van der Waals surface area contributed by atoms with Crippen molar-refractivity contribution < 1.29 is 17.6 Å². The first-order valence-corrected chi connectivity index (χ1v) is 11.4. The lowest BCUT2D eigenvalue weighted by molar-refractivity contribution is 0.0629. The zero-order valence-corrected chi connectivity index (χ0v) is 16.8. The van der Waals surface area contributed by atoms with E-state index in [-0.39, 0.29) is 10.8 Å². The van der Waals surface area contributed by atoms with E-state index in [1.165, 1.54) is 12.5 Å². The van der Waals surface area contributed by atoms with Gasteiger partial charge in [0, 0.05) is 38.1 Å². The Morgan fingerprint density at radius 1 is 1.17 bits per heavy atom. The molecule has 9 nitrogen and oxygen atoms in total. The first-order chi connectivity index (χ1) is 14.0. The number of anilines is 1. The van der Waals surface area contributed by atoms with Crippen LogP contribution < -0.4 is 9.62 Å². The zero-order chi connectivity index (χ0) is 20.1. The average molecular weight is 417 g/mol. The smallest absolute Gasteiger partial charge is 0.289 e. The van der Waals surface area contributed by atoms with E-state index in [9.17, 15) is 13.2 Å². The van der Waals surface area contributed by atoms with Crippen molar-refractivity contribution in [2.75, 3.05) is 37.6 Å². The molecule has 0 aromatic carbocycles. The Balaban J connectivity index is 1.46. The standard InChI is InChI=1S/C19H23N5O4S/c25-17(14-4-3-11-28-14)23-9-5-19(6-10-23)13-21-29(26,27)15-12-20-18(22-16(15)19)24-7-1-2-8-24/h3-4,11-12,21H,1-2,5-10,13H2. The predicted octanol–water partition coefficient (Wildman–Crippen LogP) is 1.14. The molecule has 0 saturated carbocycles. The minimum atomic E-state index is -3.61. The van der Waals surface area contributed by atoms with E-state index >= 15 is 0 Å². The van der Waals surface area contributed by atoms with Crippen LogP contribution in [0.15, 0.2) is 33.9 Å². The van der Waals surface area contributed by atoms with Crippen LogP contribution in [0.5, 0.6) is 0 Å². The van der Waals surface area contributed by atoms with Gasteiger partial charge in [0.1, 0.15) is 4.90 Å². The lowest BCUT2D eigenvalue weighted by Crippen LogP contribution is -2.54. The van der Waals surface area contributed by atoms with Crippen LogP contribution in [-0.2, 0) is 15.4 Å². The maximum Gasteiger partial charge on any atom is 0.289 e. The number of piperidine rings is 1. The van der Waals surface area contributed by atoms with Gasteiger partial charge in [-0.1, -0.05) is 0 Å². The first-order valence-electron chi connectivity index (χ1n) is 9.93. The number of aromatic nitrogens is 2. The third-order valence-electron chi connectivity index (χ3n) is 6.26. The number of fused-ring (bicyclic) bond motifs is 2. The summed E-state index contributed by atoms with van der Waals surface area (Å²) in [5.74, 6) is 0.790. The monoisotopic (exact) mass is 417 g/mol. The van der Waals surface area contributed by atoms with Gasteiger partial charge >= 0.3 is 0 Å². The molecule has 5 heterocycles. The molecule has 3 aliphatic rings. The average Bonchev–Trinajstić information content (AvgIpc) is 3.45. The fraction of sp³-hybridized carbons (Fsp3) is 0.526. The van der Waals surface area contributed by atoms with Crippen molar-refractivity contribution >= 4 is 21.9 Å². The second kappa shape index (κ2) is 6.81. The summed E-state index contributed by atoms with van der Waals surface area (Å²) in [6.45, 7) is 3.11. The van der Waals surface area contributed by atoms with Crippen LogP contribution >= 0.6 is 0 Å². The van der Waals surface area contributed by atoms with Crippen molar-refractivity contribution in [3.8, 4) is 0 Å². The van der Waals surface area contributed by atoms with Crippen molar-refractivity contribution in [2.45, 2.75) is 36.0 Å². The van der Waals surface area contributed by atoms with Crippen molar-refractivity contribution in [1.29, 1.82) is 0 Å². The number of furan rings is 1. The Hall–Kier alpha value is -2.46. The molecule has 0 bridgehead atoms. The summed E-state index contributed by atoms with van der Waals surface area (Å²) in [6, 6.07) is 3.36. The molecule has 2 aromatic rings. The third kappa shape index (κ3) is 3.10. The molecular formula is C19H23N5O4S. The number of amides is 1. The largest absolute Gasteiger partial charge is 0.459 e. The Morgan fingerprint density at radius 3 is 2.62 bits per heavy atom. The number of sulfonamides is 1. The van der Waals surface area contributed by atoms with Crippen LogP contribution in [-0.4, -0.2) is 61.9 Å². The molecule has 10 heteroatoms. The molecule has 0 unspecified atom stereocenters. The van der Waals surface area contributed by atoms with Crippen molar-refractivity contribution in [2.24, 2.45) is 0 Å². The number of hydrogen-bond donors (Lipinski definition) is 1. The van der Waals surface area contributed by atoms with E-state index in [1.807, 2.05) is 0 Å². The highest BCUT2D eigenvalue weighted by atomic mass is 32.2. The number of nitrogens with one attached hydrogen (secondary N) is 1. The zero-order valence-electron chi connectivity index (χ0n) is 16.0. The highest BCUT2D eigenvalue weighted by Crippen LogP contribution is 2.41. The molecular weight excluding hydrogens is 394 g/mol. The highest BCUT2D eigenvalue weighted by molar-refractivity contribution is 7.89. The summed E-state index contributed by atoms with van der Waals surface area (Å²) in [7, 11) is -3.61. The van der Waals surface area contributed by atoms with E-state index in [0.29, 0.717) is 49.9 Å². The number of hydrogen-bond acceptors (Lipinski definition) is 7. The molecule has 3 aliphatic heterocycles. The van der Waals surface area contributed by atoms with Crippen LogP contribution in [0.2, 0.25) is 0 Å². The van der Waals surface area contributed by atoms with Gasteiger partial charge in [-0.3, -0.25) is 4.79 Å². The normalized spacial score (nSPS) is 22.6. The topological polar surface area (TPSA) is 109 Å². The first kappa shape index (κ1) is 18.6. The molecule has 1 N–H and O–H groups in total. The van der Waals surface area contributed by atoms with Crippen molar-refractivity contribution in [3.63, 3.8) is 0 Å². The van der Waals surface area contributed by atoms with Gasteiger partial charge in [0.05, 0.1) is 18.2 Å². The number of likely N-dealkylation sites (tertiary alicyclic amines) is 1. The van der Waals surface area contributed by atoms with Crippen molar-refractivity contribution in [3.05, 3.63) is 36.0 Å². The fourth-order valence-corrected chi connectivity index (χ4v) is 5.84. The second-order valence-corrected chi connectivity index (χ2v) is 9.69. The second-order valence-electron chi connectivity index (χ2n) is 7.95. The lowest BCUT2D eigenvalue weighted by Gasteiger charge is -2.44. The molecule has 2 fully saturated rings. The van der Waals surface area contributed by atoms with Gasteiger partial charge in [-0.2, -0.15) is 0 Å². The van der Waals surface area contributed by atoms with E-state index < -0.39 is 15.4 Å². The Labute approximate surface area is 169 Å². The quantitative estimate of drug-likeness (QED) is 0.780. The van der Waals surface area contributed by atoms with Gasteiger partial charge in [-0.15, -0.1) is 0 Å². The summed E-state index contributed by atoms with van der Waals surface area (Å²) in [6.07, 6.45) is 6.38. The molecule has 2 aromatic heterocycles. The molecule has 2 saturated heterocycles. The third-order valence-corrected chi connectivity index (χ3v) is 7.67. The van der Waals surface area contributed by atoms with E-state index in [4.69, 9.17) is 9.40 Å². The number of nitrogens with zero attached hydrogens (tertiary/aromatic N) is 4. The summed E-state index contributed by atoms with van der Waals surface area (Å²) in [4.78, 5) is 25.7. The molecule has 0 atom stereocenters. The van der Waals surface area contributed by atoms with Gasteiger partial charge < -0.3 is 14.2 Å². The van der Waals surface area contributed by atoms with Gasteiger partial charge in [-0.25, -0.2) is 23.1 Å². The molecule has 0 radical (unpaired) electrons. The van der Waals surface area contributed by atoms with E-state index in [1.54, 1.807) is 17.0 Å². The summed E-state index contributed by atoms with van der Waals surface area (Å²) >= 11 is 0. The van der Waals surface area contributed by atoms with Crippen LogP contribution in [0.25, 0.3) is 0 Å². The highest BCUT2D eigenvalue weighted by Gasteiger charge is 2.46. The molecule has 1 spiro atoms. The van der Waals surface area contributed by atoms with Gasteiger partial charge in [0.15, 0.2) is 5.76 Å². The van der Waals surface area contributed by atoms with Gasteiger partial charge in [0.2, 0.25) is 16.0 Å². The van der Waals surface area contributed by atoms with Crippen LogP contribution in [0, 0.1) is 0 Å². The SMILES string of the molecule is O=C(c1ccco1)N1CCC2(CC1)CNS(=O)(=O)c1cnc(N3CCCC3)nc12. The Kier molecular flexibility index (Phi) is 4.36. The van der Waals surface area contributed by atoms with Gasteiger partial charge in [-0.05, 0) is 37.8 Å². The van der Waals surface area contributed by atoms with Gasteiger partial charge in [0.25, 0.3) is 5.91 Å². The summed E-state index contributed by atoms with van der Waals surface area (Å²) < 4.78 is 33.1. The van der Waals surface area contributed by atoms with E-state index in [2.05, 4.69) is 14.6 Å². The van der Waals surface area contributed by atoms with E-state index in [0.717, 1.165) is 25.9 Å². The maximum atomic E-state index is 12.6. The molecule has 5 rings (SSSR count). The molecule has 1 amide bonds. The van der Waals surface area contributed by atoms with Crippen LogP contribution in [0.3, 0.4) is 0 Å². The number of carbonyl (C=O) groups excluding carboxylic acids is 1. The fourth-order valence-electron chi connectivity index (χ4n) is 4.51. The molecule has 29 heavy (non-hydrogen) atoms. The predicted molar refractivity (Wildman–Crippen MR) is 104 cm³/mol. The number of carbonyl (C=O) groups is 1. The van der Waals surface area contributed by atoms with Crippen molar-refractivity contribution in [1.82, 2.24) is 19.6 Å². The Bertz CT molecular complexity index is 1020. The maximum absolute atomic E-state index is 12.6. The summed E-state index contributed by atoms with van der Waals surface area (Å²) in [5.41, 5.74) is 0.163. The number of rotatable bonds is 2. The minimum absolute atomic E-state index is 0.137. The Morgan fingerprint density at radius 2 is 1.93 bits per heavy atom.